The first-order valence-corrected chi connectivity index (χ1v) is 22.4. The van der Waals surface area contributed by atoms with Crippen molar-refractivity contribution in [1.29, 1.82) is 0 Å². The molecule has 0 aromatic heterocycles. The number of esters is 1. The molecule has 59 heavy (non-hydrogen) atoms. The Labute approximate surface area is 356 Å². The van der Waals surface area contributed by atoms with Crippen molar-refractivity contribution in [2.75, 3.05) is 13.7 Å². The third-order valence-electron chi connectivity index (χ3n) is 10.9. The largest absolute Gasteiger partial charge is 0.508 e. The second kappa shape index (κ2) is 25.7. The van der Waals surface area contributed by atoms with Crippen LogP contribution >= 0.6 is 11.8 Å². The van der Waals surface area contributed by atoms with Crippen LogP contribution < -0.4 is 21.3 Å². The molecule has 1 aromatic carbocycles. The van der Waals surface area contributed by atoms with Gasteiger partial charge in [0.05, 0.1) is 24.1 Å². The average Bonchev–Trinajstić information content (AvgIpc) is 3.68. The predicted octanol–water partition coefficient (Wildman–Crippen LogP) is 6.42. The first-order valence-electron chi connectivity index (χ1n) is 21.4. The van der Waals surface area contributed by atoms with Gasteiger partial charge in [-0.2, -0.15) is 0 Å². The number of carboxylic acid groups (broad SMARTS) is 1. The summed E-state index contributed by atoms with van der Waals surface area (Å²) in [5.74, 6) is -2.89. The van der Waals surface area contributed by atoms with E-state index in [9.17, 15) is 34.2 Å². The van der Waals surface area contributed by atoms with Gasteiger partial charge in [-0.05, 0) is 76.1 Å². The molecular formula is C44H73N5O9S. The van der Waals surface area contributed by atoms with Crippen molar-refractivity contribution in [3.05, 3.63) is 40.9 Å². The van der Waals surface area contributed by atoms with Gasteiger partial charge in [-0.15, -0.1) is 11.8 Å². The number of aromatic hydroxyl groups is 1. The van der Waals surface area contributed by atoms with Crippen LogP contribution in [0.2, 0.25) is 0 Å². The number of nitrogens with zero attached hydrogens (tertiary/aromatic N) is 1. The Morgan fingerprint density at radius 2 is 1.61 bits per heavy atom. The summed E-state index contributed by atoms with van der Waals surface area (Å²) in [5, 5.41) is 34.5. The lowest BCUT2D eigenvalue weighted by Gasteiger charge is -2.39. The van der Waals surface area contributed by atoms with Crippen molar-refractivity contribution in [3.8, 4) is 5.75 Å². The first kappa shape index (κ1) is 51.3. The fourth-order valence-electron chi connectivity index (χ4n) is 6.96. The number of hydrogen-bond acceptors (Lipinski definition) is 11. The molecule has 0 bridgehead atoms. The Bertz CT molecular complexity index is 1520. The van der Waals surface area contributed by atoms with Crippen molar-refractivity contribution in [2.45, 2.75) is 169 Å². The Morgan fingerprint density at radius 3 is 2.17 bits per heavy atom. The predicted molar refractivity (Wildman–Crippen MR) is 232 cm³/mol. The van der Waals surface area contributed by atoms with E-state index < -0.39 is 58.9 Å². The van der Waals surface area contributed by atoms with Gasteiger partial charge in [0.15, 0.2) is 0 Å². The normalized spacial score (nSPS) is 17.1. The lowest BCUT2D eigenvalue weighted by atomic mass is 9.84. The summed E-state index contributed by atoms with van der Waals surface area (Å²) in [6.45, 7) is 16.8. The molecule has 7 atom stereocenters. The van der Waals surface area contributed by atoms with Crippen LogP contribution in [0.4, 0.5) is 0 Å². The number of likely N-dealkylation sites (N-methyl/N-ethyl adjacent to an activating group) is 1. The molecule has 0 fully saturated rings. The number of rotatable bonds is 28. The second-order valence-corrected chi connectivity index (χ2v) is 17.8. The number of ether oxygens (including phenoxy) is 1. The van der Waals surface area contributed by atoms with Crippen LogP contribution in [0.3, 0.4) is 0 Å². The average molecular weight is 848 g/mol. The summed E-state index contributed by atoms with van der Waals surface area (Å²) >= 11 is 1.27. The Kier molecular flexibility index (Phi) is 22.4. The number of carbonyl (C=O) groups excluding carboxylic acids is 4. The molecule has 0 spiro atoms. The van der Waals surface area contributed by atoms with Crippen LogP contribution in [0.25, 0.3) is 0 Å². The van der Waals surface area contributed by atoms with Gasteiger partial charge in [0, 0.05) is 24.8 Å². The molecule has 15 heteroatoms. The van der Waals surface area contributed by atoms with Crippen LogP contribution in [0, 0.1) is 17.3 Å². The third kappa shape index (κ3) is 17.0. The third-order valence-corrected chi connectivity index (χ3v) is 12.0. The van der Waals surface area contributed by atoms with Crippen LogP contribution in [-0.4, -0.2) is 94.2 Å². The minimum Gasteiger partial charge on any atom is -0.508 e. The number of hydroxylamine groups is 2. The van der Waals surface area contributed by atoms with E-state index in [2.05, 4.69) is 35.1 Å². The summed E-state index contributed by atoms with van der Waals surface area (Å²) in [5.41, 5.74) is -0.106. The number of aliphatic carboxylic acids is 1. The van der Waals surface area contributed by atoms with Crippen molar-refractivity contribution < 1.29 is 43.8 Å². The number of phenolic OH excluding ortho intramolecular Hbond substituents is 1. The highest BCUT2D eigenvalue weighted by Crippen LogP contribution is 2.32. The zero-order valence-corrected chi connectivity index (χ0v) is 37.9. The molecule has 1 unspecified atom stereocenters. The lowest BCUT2D eigenvalue weighted by Crippen LogP contribution is -2.58. The second-order valence-electron chi connectivity index (χ2n) is 16.8. The van der Waals surface area contributed by atoms with E-state index in [4.69, 9.17) is 9.57 Å². The van der Waals surface area contributed by atoms with Gasteiger partial charge in [0.2, 0.25) is 5.91 Å². The smallest absolute Gasteiger partial charge is 0.309 e. The van der Waals surface area contributed by atoms with Crippen LogP contribution in [-0.2, 0) is 40.0 Å². The van der Waals surface area contributed by atoms with E-state index in [1.54, 1.807) is 50.6 Å². The molecule has 2 rings (SSSR count). The van der Waals surface area contributed by atoms with E-state index >= 15 is 0 Å². The zero-order chi connectivity index (χ0) is 44.3. The molecule has 1 aliphatic heterocycles. The summed E-state index contributed by atoms with van der Waals surface area (Å²) in [4.78, 5) is 73.2. The molecule has 6 N–H and O–H groups in total. The van der Waals surface area contributed by atoms with Gasteiger partial charge in [0.25, 0.3) is 11.8 Å². The van der Waals surface area contributed by atoms with Crippen LogP contribution in [0.15, 0.2) is 35.4 Å². The quantitative estimate of drug-likeness (QED) is 0.0308. The molecule has 0 radical (unpaired) electrons. The van der Waals surface area contributed by atoms with Gasteiger partial charge in [0.1, 0.15) is 29.0 Å². The Balaban J connectivity index is 2.40. The lowest BCUT2D eigenvalue weighted by molar-refractivity contribution is -0.213. The summed E-state index contributed by atoms with van der Waals surface area (Å²) < 4.78 is 5.92. The van der Waals surface area contributed by atoms with E-state index in [0.717, 1.165) is 44.1 Å². The molecule has 0 saturated heterocycles. The molecular weight excluding hydrogens is 775 g/mol. The van der Waals surface area contributed by atoms with Crippen molar-refractivity contribution in [2.24, 2.45) is 17.3 Å². The fourth-order valence-corrected chi connectivity index (χ4v) is 7.95. The van der Waals surface area contributed by atoms with Crippen LogP contribution in [0.1, 0.15) is 132 Å². The number of hydrogen-bond donors (Lipinski definition) is 6. The number of phenols is 1. The maximum absolute atomic E-state index is 14.7. The SMILES string of the molecule is CCCCCON(C(=O)[C@@H](NC(=O)[C@@H](CCCCC)NC)[C@@H](C)CC)[C@H](C[C@@H](OC(C)=O)C1NC(C(=O)N[C@@H](Cc2ccc(O)cc2)CC(C)(C)C(=O)O)=CS1)C(C)C. The van der Waals surface area contributed by atoms with E-state index in [1.165, 1.54) is 23.7 Å². The molecule has 334 valence electrons. The molecule has 0 aliphatic carbocycles. The Morgan fingerprint density at radius 1 is 0.966 bits per heavy atom. The minimum atomic E-state index is -1.14. The highest BCUT2D eigenvalue weighted by molar-refractivity contribution is 8.03. The Hall–Kier alpha value is -3.82. The molecule has 0 saturated carbocycles. The molecule has 1 aliphatic rings. The summed E-state index contributed by atoms with van der Waals surface area (Å²) in [6.07, 6.45) is 6.57. The van der Waals surface area contributed by atoms with Crippen LogP contribution in [0.5, 0.6) is 5.75 Å². The van der Waals surface area contributed by atoms with Gasteiger partial charge in [-0.3, -0.25) is 28.8 Å². The van der Waals surface area contributed by atoms with Crippen molar-refractivity contribution >= 4 is 41.4 Å². The topological polar surface area (TPSA) is 196 Å². The number of carboxylic acids is 1. The highest BCUT2D eigenvalue weighted by atomic mass is 32.2. The summed E-state index contributed by atoms with van der Waals surface area (Å²) in [7, 11) is 1.75. The number of amides is 3. The first-order chi connectivity index (χ1) is 27.9. The minimum absolute atomic E-state index is 0.0964. The summed E-state index contributed by atoms with van der Waals surface area (Å²) in [6, 6.07) is 4.06. The van der Waals surface area contributed by atoms with E-state index in [-0.39, 0.29) is 54.5 Å². The maximum Gasteiger partial charge on any atom is 0.309 e. The fraction of sp³-hybridized carbons (Fsp3) is 0.705. The number of thioether (sulfide) groups is 1. The maximum atomic E-state index is 14.7. The number of unbranched alkanes of at least 4 members (excludes halogenated alkanes) is 4. The highest BCUT2D eigenvalue weighted by Gasteiger charge is 2.41. The van der Waals surface area contributed by atoms with E-state index in [1.807, 2.05) is 27.7 Å². The molecule has 1 aromatic rings. The van der Waals surface area contributed by atoms with Gasteiger partial charge in [-0.1, -0.05) is 92.2 Å². The monoisotopic (exact) mass is 848 g/mol. The van der Waals surface area contributed by atoms with Gasteiger partial charge in [-0.25, -0.2) is 5.06 Å². The standard InChI is InChI=1S/C44H73N5O9S/c1-11-14-16-18-34(45-10)39(52)48-38(29(6)13-3)42(54)49(57-23-17-15-12-2)36(28(4)5)25-37(58-30(7)50)41-47-35(27-59-41)40(53)46-32(26-44(8,9)43(55)56)24-31-19-21-33(51)22-20-31/h19-22,27-29,32,34,36-38,41,45,47,51H,11-18,23-26H2,1-10H3,(H,46,53)(H,48,52)(H,55,56)/t29-,32-,34+,36+,37+,38-,41?/m0/s1. The van der Waals surface area contributed by atoms with Gasteiger partial charge < -0.3 is 36.2 Å². The number of nitrogens with one attached hydrogen (secondary N) is 4. The molecule has 14 nitrogen and oxygen atoms in total. The molecule has 3 amide bonds. The zero-order valence-electron chi connectivity index (χ0n) is 37.1. The molecule has 1 heterocycles. The van der Waals surface area contributed by atoms with Gasteiger partial charge >= 0.3 is 11.9 Å². The number of carbonyl (C=O) groups is 5. The number of benzene rings is 1. The van der Waals surface area contributed by atoms with Crippen molar-refractivity contribution in [1.82, 2.24) is 26.3 Å². The van der Waals surface area contributed by atoms with E-state index in [0.29, 0.717) is 19.3 Å². The van der Waals surface area contributed by atoms with Crippen molar-refractivity contribution in [3.63, 3.8) is 0 Å².